The lowest BCUT2D eigenvalue weighted by Crippen LogP contribution is -2.06. The van der Waals surface area contributed by atoms with Crippen LogP contribution in [-0.2, 0) is 16.0 Å². The lowest BCUT2D eigenvalue weighted by Gasteiger charge is -2.15. The van der Waals surface area contributed by atoms with Crippen molar-refractivity contribution in [2.45, 2.75) is 20.3 Å². The zero-order valence-electron chi connectivity index (χ0n) is 15.4. The van der Waals surface area contributed by atoms with E-state index in [0.29, 0.717) is 23.3 Å². The van der Waals surface area contributed by atoms with Gasteiger partial charge in [-0.05, 0) is 28.6 Å². The highest BCUT2D eigenvalue weighted by molar-refractivity contribution is 5.94. The average Bonchev–Trinajstić information content (AvgIpc) is 2.63. The molecule has 3 aromatic rings. The quantitative estimate of drug-likeness (QED) is 0.499. The molecule has 0 unspecified atom stereocenters. The average molecular weight is 364 g/mol. The molecule has 0 N–H and O–H groups in total. The van der Waals surface area contributed by atoms with Crippen molar-refractivity contribution in [3.8, 4) is 17.2 Å². The fourth-order valence-electron chi connectivity index (χ4n) is 2.96. The van der Waals surface area contributed by atoms with Gasteiger partial charge >= 0.3 is 11.9 Å². The molecule has 0 bridgehead atoms. The van der Waals surface area contributed by atoms with Gasteiger partial charge in [-0.1, -0.05) is 42.5 Å². The number of rotatable bonds is 5. The fourth-order valence-corrected chi connectivity index (χ4v) is 2.96. The van der Waals surface area contributed by atoms with Gasteiger partial charge in [0.05, 0.1) is 7.11 Å². The minimum Gasteiger partial charge on any atom is -0.493 e. The first-order valence-corrected chi connectivity index (χ1v) is 8.52. The van der Waals surface area contributed by atoms with Crippen molar-refractivity contribution >= 4 is 22.7 Å². The van der Waals surface area contributed by atoms with Crippen LogP contribution in [0.4, 0.5) is 0 Å². The van der Waals surface area contributed by atoms with E-state index >= 15 is 0 Å². The predicted molar refractivity (Wildman–Crippen MR) is 102 cm³/mol. The summed E-state index contributed by atoms with van der Waals surface area (Å²) in [6.45, 7) is 2.68. The molecule has 0 amide bonds. The summed E-state index contributed by atoms with van der Waals surface area (Å²) in [6.07, 6.45) is 0.605. The Labute approximate surface area is 157 Å². The van der Waals surface area contributed by atoms with E-state index in [4.69, 9.17) is 14.2 Å². The van der Waals surface area contributed by atoms with Gasteiger partial charge in [-0.3, -0.25) is 9.59 Å². The third-order valence-corrected chi connectivity index (χ3v) is 4.07. The largest absolute Gasteiger partial charge is 0.493 e. The highest BCUT2D eigenvalue weighted by atomic mass is 16.6. The zero-order valence-corrected chi connectivity index (χ0v) is 15.4. The predicted octanol–water partition coefficient (Wildman–Crippen LogP) is 4.29. The van der Waals surface area contributed by atoms with Crippen LogP contribution in [0.2, 0.25) is 0 Å². The van der Waals surface area contributed by atoms with E-state index in [2.05, 4.69) is 0 Å². The molecule has 3 aromatic carbocycles. The molecule has 27 heavy (non-hydrogen) atoms. The van der Waals surface area contributed by atoms with Gasteiger partial charge in [-0.15, -0.1) is 0 Å². The van der Waals surface area contributed by atoms with Crippen molar-refractivity contribution in [1.29, 1.82) is 0 Å². The van der Waals surface area contributed by atoms with Gasteiger partial charge in [-0.25, -0.2) is 0 Å². The Hall–Kier alpha value is -3.34. The molecule has 0 aromatic heterocycles. The zero-order chi connectivity index (χ0) is 19.4. The minimum absolute atomic E-state index is 0.280. The number of hydrogen-bond donors (Lipinski definition) is 0. The van der Waals surface area contributed by atoms with Gasteiger partial charge in [0.1, 0.15) is 5.75 Å². The van der Waals surface area contributed by atoms with E-state index in [1.165, 1.54) is 21.0 Å². The molecule has 0 heterocycles. The molecule has 5 heteroatoms. The summed E-state index contributed by atoms with van der Waals surface area (Å²) in [5.41, 5.74) is 1.96. The molecule has 0 radical (unpaired) electrons. The smallest absolute Gasteiger partial charge is 0.308 e. The molecule has 0 aliphatic heterocycles. The molecule has 138 valence electrons. The second kappa shape index (κ2) is 7.91. The highest BCUT2D eigenvalue weighted by Crippen LogP contribution is 2.39. The molecule has 0 fully saturated rings. The number of ether oxygens (including phenoxy) is 3. The van der Waals surface area contributed by atoms with Crippen molar-refractivity contribution in [2.75, 3.05) is 7.11 Å². The molecule has 5 nitrogen and oxygen atoms in total. The second-order valence-corrected chi connectivity index (χ2v) is 6.13. The van der Waals surface area contributed by atoms with Crippen LogP contribution in [0, 0.1) is 0 Å². The topological polar surface area (TPSA) is 61.8 Å². The monoisotopic (exact) mass is 364 g/mol. The second-order valence-electron chi connectivity index (χ2n) is 6.13. The Morgan fingerprint density at radius 2 is 1.56 bits per heavy atom. The number of benzene rings is 3. The van der Waals surface area contributed by atoms with Crippen molar-refractivity contribution in [3.63, 3.8) is 0 Å². The fraction of sp³-hybridized carbons (Fsp3) is 0.182. The van der Waals surface area contributed by atoms with Crippen LogP contribution < -0.4 is 14.2 Å². The molecule has 0 saturated carbocycles. The maximum atomic E-state index is 11.7. The van der Waals surface area contributed by atoms with Crippen LogP contribution in [-0.4, -0.2) is 19.0 Å². The van der Waals surface area contributed by atoms with Crippen LogP contribution in [0.15, 0.2) is 54.6 Å². The van der Waals surface area contributed by atoms with Crippen LogP contribution in [0.25, 0.3) is 10.8 Å². The Balaban J connectivity index is 2.18. The molecule has 0 aliphatic carbocycles. The molecule has 0 aliphatic rings. The SMILES string of the molecule is COc1cc2ccc(Cc3ccccc3)c(OC(C)=O)c2cc1OC(C)=O. The number of fused-ring (bicyclic) bond motifs is 1. The summed E-state index contributed by atoms with van der Waals surface area (Å²) in [5.74, 6) is 0.300. The Morgan fingerprint density at radius 3 is 2.19 bits per heavy atom. The number of carbonyl (C=O) groups is 2. The van der Waals surface area contributed by atoms with Crippen molar-refractivity contribution in [1.82, 2.24) is 0 Å². The van der Waals surface area contributed by atoms with Crippen molar-refractivity contribution in [3.05, 3.63) is 65.7 Å². The molecule has 3 rings (SSSR count). The lowest BCUT2D eigenvalue weighted by molar-refractivity contribution is -0.133. The van der Waals surface area contributed by atoms with E-state index in [-0.39, 0.29) is 5.75 Å². The summed E-state index contributed by atoms with van der Waals surface area (Å²) in [5, 5.41) is 1.49. The maximum Gasteiger partial charge on any atom is 0.308 e. The minimum atomic E-state index is -0.456. The van der Waals surface area contributed by atoms with Crippen molar-refractivity contribution < 1.29 is 23.8 Å². The van der Waals surface area contributed by atoms with Gasteiger partial charge in [0.25, 0.3) is 0 Å². The molecule has 0 atom stereocenters. The summed E-state index contributed by atoms with van der Waals surface area (Å²) < 4.78 is 16.1. The maximum absolute atomic E-state index is 11.7. The van der Waals surface area contributed by atoms with E-state index in [9.17, 15) is 9.59 Å². The first kappa shape index (κ1) is 18.5. The summed E-state index contributed by atoms with van der Waals surface area (Å²) >= 11 is 0. The Kier molecular flexibility index (Phi) is 5.41. The Bertz CT molecular complexity index is 993. The van der Waals surface area contributed by atoms with Gasteiger partial charge in [0, 0.05) is 25.7 Å². The first-order valence-electron chi connectivity index (χ1n) is 8.52. The first-order chi connectivity index (χ1) is 13.0. The van der Waals surface area contributed by atoms with Gasteiger partial charge in [0.2, 0.25) is 0 Å². The van der Waals surface area contributed by atoms with E-state index in [1.54, 1.807) is 12.1 Å². The summed E-state index contributed by atoms with van der Waals surface area (Å²) in [6, 6.07) is 17.2. The van der Waals surface area contributed by atoms with E-state index < -0.39 is 11.9 Å². The van der Waals surface area contributed by atoms with Gasteiger partial charge in [0.15, 0.2) is 11.5 Å². The van der Waals surface area contributed by atoms with Crippen LogP contribution in [0.5, 0.6) is 17.2 Å². The van der Waals surface area contributed by atoms with Gasteiger partial charge in [-0.2, -0.15) is 0 Å². The van der Waals surface area contributed by atoms with E-state index in [1.807, 2.05) is 42.5 Å². The molecular formula is C22H20O5. The molecule has 0 spiro atoms. The summed E-state index contributed by atoms with van der Waals surface area (Å²) in [4.78, 5) is 23.1. The normalized spacial score (nSPS) is 10.5. The highest BCUT2D eigenvalue weighted by Gasteiger charge is 2.16. The van der Waals surface area contributed by atoms with E-state index in [0.717, 1.165) is 16.5 Å². The number of methoxy groups -OCH3 is 1. The van der Waals surface area contributed by atoms with Crippen LogP contribution in [0.3, 0.4) is 0 Å². The van der Waals surface area contributed by atoms with Crippen LogP contribution >= 0.6 is 0 Å². The summed E-state index contributed by atoms with van der Waals surface area (Å²) in [7, 11) is 1.50. The lowest BCUT2D eigenvalue weighted by atomic mass is 9.99. The third-order valence-electron chi connectivity index (χ3n) is 4.07. The van der Waals surface area contributed by atoms with Gasteiger partial charge < -0.3 is 14.2 Å². The third kappa shape index (κ3) is 4.26. The molecule has 0 saturated heterocycles. The molecular weight excluding hydrogens is 344 g/mol. The number of esters is 2. The number of carbonyl (C=O) groups excluding carboxylic acids is 2. The number of hydrogen-bond acceptors (Lipinski definition) is 5. The van der Waals surface area contributed by atoms with Crippen LogP contribution in [0.1, 0.15) is 25.0 Å². The standard InChI is InChI=1S/C22H20O5/c1-14(23)26-21-13-19-17(12-20(21)25-3)9-10-18(22(19)27-15(2)24)11-16-7-5-4-6-8-16/h4-10,12-13H,11H2,1-3H3. The van der Waals surface area contributed by atoms with Crippen molar-refractivity contribution in [2.24, 2.45) is 0 Å². The Morgan fingerprint density at radius 1 is 0.852 bits per heavy atom.